The van der Waals surface area contributed by atoms with Crippen LogP contribution in [0.25, 0.3) is 0 Å². The van der Waals surface area contributed by atoms with Crippen LogP contribution in [-0.2, 0) is 5.41 Å². The molecule has 2 heteroatoms. The molecule has 0 atom stereocenters. The van der Waals surface area contributed by atoms with Crippen molar-refractivity contribution in [1.29, 1.82) is 0 Å². The average molecular weight is 240 g/mol. The predicted molar refractivity (Wildman–Crippen MR) is 78.6 cm³/mol. The average Bonchev–Trinajstić information content (AvgIpc) is 2.35. The molecule has 0 heterocycles. The lowest BCUT2D eigenvalue weighted by atomic mass is 9.76. The minimum Gasteiger partial charge on any atom is -0.398 e. The normalized spacial score (nSPS) is 11.5. The highest BCUT2D eigenvalue weighted by Gasteiger charge is 2.27. The molecule has 0 aliphatic rings. The number of hydrogen-bond donors (Lipinski definition) is 2. The van der Waals surface area contributed by atoms with Crippen molar-refractivity contribution in [2.24, 2.45) is 0 Å². The van der Waals surface area contributed by atoms with E-state index in [4.69, 9.17) is 11.5 Å². The van der Waals surface area contributed by atoms with E-state index < -0.39 is 0 Å². The predicted octanol–water partition coefficient (Wildman–Crippen LogP) is 3.49. The van der Waals surface area contributed by atoms with Gasteiger partial charge in [0.1, 0.15) is 0 Å². The van der Waals surface area contributed by atoms with E-state index in [0.717, 1.165) is 22.5 Å². The quantitative estimate of drug-likeness (QED) is 0.789. The fourth-order valence-electron chi connectivity index (χ4n) is 2.44. The van der Waals surface area contributed by atoms with Crippen LogP contribution in [0.1, 0.15) is 30.5 Å². The first-order chi connectivity index (χ1) is 8.44. The van der Waals surface area contributed by atoms with Gasteiger partial charge in [-0.25, -0.2) is 0 Å². The maximum Gasteiger partial charge on any atom is 0.0406 e. The summed E-state index contributed by atoms with van der Waals surface area (Å²) in [5, 5.41) is 0. The molecular weight excluding hydrogens is 220 g/mol. The van der Waals surface area contributed by atoms with Gasteiger partial charge in [-0.1, -0.05) is 50.2 Å². The first-order valence-electron chi connectivity index (χ1n) is 6.15. The zero-order valence-corrected chi connectivity index (χ0v) is 11.2. The van der Waals surface area contributed by atoms with Crippen LogP contribution in [0.15, 0.2) is 42.5 Å². The summed E-state index contributed by atoms with van der Waals surface area (Å²) < 4.78 is 0. The molecule has 0 aliphatic carbocycles. The summed E-state index contributed by atoms with van der Waals surface area (Å²) >= 11 is 0. The summed E-state index contributed by atoms with van der Waals surface area (Å²) in [7, 11) is 0. The van der Waals surface area contributed by atoms with Crippen LogP contribution < -0.4 is 11.5 Å². The summed E-state index contributed by atoms with van der Waals surface area (Å²) in [5.41, 5.74) is 17.0. The molecule has 0 radical (unpaired) electrons. The number of nitrogen functional groups attached to an aromatic ring is 2. The van der Waals surface area contributed by atoms with E-state index in [-0.39, 0.29) is 5.41 Å². The van der Waals surface area contributed by atoms with Gasteiger partial charge in [0.15, 0.2) is 0 Å². The van der Waals surface area contributed by atoms with Crippen LogP contribution in [0.4, 0.5) is 11.4 Å². The Kier molecular flexibility index (Phi) is 3.04. The van der Waals surface area contributed by atoms with E-state index in [0.29, 0.717) is 0 Å². The van der Waals surface area contributed by atoms with Gasteiger partial charge in [-0.15, -0.1) is 0 Å². The number of benzene rings is 2. The first-order valence-corrected chi connectivity index (χ1v) is 6.15. The van der Waals surface area contributed by atoms with E-state index in [1.165, 1.54) is 5.56 Å². The molecule has 94 valence electrons. The summed E-state index contributed by atoms with van der Waals surface area (Å²) in [6.45, 7) is 6.33. The molecule has 2 nitrogen and oxygen atoms in total. The van der Waals surface area contributed by atoms with E-state index in [2.05, 4.69) is 26.0 Å². The number of nitrogens with two attached hydrogens (primary N) is 2. The number of hydrogen-bond acceptors (Lipinski definition) is 2. The molecule has 2 aromatic carbocycles. The van der Waals surface area contributed by atoms with Crippen LogP contribution in [-0.4, -0.2) is 0 Å². The van der Waals surface area contributed by atoms with Gasteiger partial charge in [0.25, 0.3) is 0 Å². The molecule has 0 aromatic heterocycles. The summed E-state index contributed by atoms with van der Waals surface area (Å²) in [4.78, 5) is 0. The second-order valence-electron chi connectivity index (χ2n) is 5.25. The van der Waals surface area contributed by atoms with E-state index in [1.54, 1.807) is 0 Å². The minimum atomic E-state index is -0.193. The molecule has 2 rings (SSSR count). The monoisotopic (exact) mass is 240 g/mol. The van der Waals surface area contributed by atoms with Gasteiger partial charge in [-0.2, -0.15) is 0 Å². The molecule has 4 N–H and O–H groups in total. The van der Waals surface area contributed by atoms with Crippen molar-refractivity contribution in [3.63, 3.8) is 0 Å². The summed E-state index contributed by atoms with van der Waals surface area (Å²) in [6.07, 6.45) is 0. The SMILES string of the molecule is Cc1ccc(N)c(C(C)(C)c2ccccc2)c1N. The van der Waals surface area contributed by atoms with Crippen molar-refractivity contribution in [2.75, 3.05) is 11.5 Å². The Morgan fingerprint density at radius 3 is 2.11 bits per heavy atom. The fourth-order valence-corrected chi connectivity index (χ4v) is 2.44. The van der Waals surface area contributed by atoms with Crippen molar-refractivity contribution in [2.45, 2.75) is 26.2 Å². The summed E-state index contributed by atoms with van der Waals surface area (Å²) in [6, 6.07) is 14.2. The highest BCUT2D eigenvalue weighted by Crippen LogP contribution is 2.39. The third-order valence-corrected chi connectivity index (χ3v) is 3.62. The molecule has 0 spiro atoms. The molecule has 0 amide bonds. The van der Waals surface area contributed by atoms with Crippen molar-refractivity contribution < 1.29 is 0 Å². The van der Waals surface area contributed by atoms with E-state index >= 15 is 0 Å². The lowest BCUT2D eigenvalue weighted by molar-refractivity contribution is 0.645. The maximum atomic E-state index is 6.23. The van der Waals surface area contributed by atoms with Crippen LogP contribution in [0.5, 0.6) is 0 Å². The molecule has 0 aliphatic heterocycles. The number of rotatable bonds is 2. The molecular formula is C16H20N2. The Labute approximate surface area is 109 Å². The Bertz CT molecular complexity index is 557. The second kappa shape index (κ2) is 4.37. The van der Waals surface area contributed by atoms with E-state index in [9.17, 15) is 0 Å². The standard InChI is InChI=1S/C16H20N2/c1-11-9-10-13(17)14(15(11)18)16(2,3)12-7-5-4-6-8-12/h4-10H,17-18H2,1-3H3. The topological polar surface area (TPSA) is 52.0 Å². The zero-order chi connectivity index (χ0) is 13.3. The lowest BCUT2D eigenvalue weighted by Gasteiger charge is -2.29. The second-order valence-corrected chi connectivity index (χ2v) is 5.25. The van der Waals surface area contributed by atoms with E-state index in [1.807, 2.05) is 37.3 Å². The van der Waals surface area contributed by atoms with Crippen molar-refractivity contribution in [3.05, 3.63) is 59.2 Å². The van der Waals surface area contributed by atoms with Crippen molar-refractivity contribution >= 4 is 11.4 Å². The van der Waals surface area contributed by atoms with Crippen LogP contribution in [0, 0.1) is 6.92 Å². The molecule has 18 heavy (non-hydrogen) atoms. The maximum absolute atomic E-state index is 6.23. The number of anilines is 2. The third-order valence-electron chi connectivity index (χ3n) is 3.62. The van der Waals surface area contributed by atoms with Gasteiger partial charge in [-0.3, -0.25) is 0 Å². The Morgan fingerprint density at radius 1 is 0.889 bits per heavy atom. The first kappa shape index (κ1) is 12.5. The van der Waals surface area contributed by atoms with Crippen LogP contribution in [0.2, 0.25) is 0 Å². The van der Waals surface area contributed by atoms with Crippen LogP contribution >= 0.6 is 0 Å². The van der Waals surface area contributed by atoms with Crippen molar-refractivity contribution in [3.8, 4) is 0 Å². The highest BCUT2D eigenvalue weighted by molar-refractivity contribution is 5.69. The molecule has 2 aromatic rings. The smallest absolute Gasteiger partial charge is 0.0406 e. The van der Waals surface area contributed by atoms with Gasteiger partial charge >= 0.3 is 0 Å². The third kappa shape index (κ3) is 1.94. The van der Waals surface area contributed by atoms with Gasteiger partial charge in [0.05, 0.1) is 0 Å². The van der Waals surface area contributed by atoms with Gasteiger partial charge in [0.2, 0.25) is 0 Å². The molecule has 0 bridgehead atoms. The highest BCUT2D eigenvalue weighted by atomic mass is 14.6. The molecule has 0 fully saturated rings. The molecule has 0 unspecified atom stereocenters. The zero-order valence-electron chi connectivity index (χ0n) is 11.2. The van der Waals surface area contributed by atoms with Gasteiger partial charge < -0.3 is 11.5 Å². The van der Waals surface area contributed by atoms with Crippen molar-refractivity contribution in [1.82, 2.24) is 0 Å². The molecule has 0 saturated carbocycles. The van der Waals surface area contributed by atoms with Crippen LogP contribution in [0.3, 0.4) is 0 Å². The number of aryl methyl sites for hydroxylation is 1. The van der Waals surface area contributed by atoms with Gasteiger partial charge in [0, 0.05) is 22.4 Å². The summed E-state index contributed by atoms with van der Waals surface area (Å²) in [5.74, 6) is 0. The Balaban J connectivity index is 2.65. The lowest BCUT2D eigenvalue weighted by Crippen LogP contribution is -2.23. The van der Waals surface area contributed by atoms with Gasteiger partial charge in [-0.05, 0) is 24.1 Å². The molecule has 0 saturated heterocycles. The minimum absolute atomic E-state index is 0.193. The largest absolute Gasteiger partial charge is 0.398 e. The Hall–Kier alpha value is -1.96. The fraction of sp³-hybridized carbons (Fsp3) is 0.250. The Morgan fingerprint density at radius 2 is 1.50 bits per heavy atom.